The van der Waals surface area contributed by atoms with E-state index < -0.39 is 0 Å². The van der Waals surface area contributed by atoms with Crippen LogP contribution in [0.2, 0.25) is 5.02 Å². The summed E-state index contributed by atoms with van der Waals surface area (Å²) in [5.41, 5.74) is 2.94. The Labute approximate surface area is 169 Å². The molecule has 5 heterocycles. The van der Waals surface area contributed by atoms with Gasteiger partial charge in [-0.3, -0.25) is 4.98 Å². The van der Waals surface area contributed by atoms with Gasteiger partial charge in [-0.25, -0.2) is 19.9 Å². The van der Waals surface area contributed by atoms with Crippen LogP contribution >= 0.6 is 23.4 Å². The van der Waals surface area contributed by atoms with Crippen molar-refractivity contribution in [2.75, 3.05) is 18.0 Å². The molecular formula is C18H16ClN7OS. The molecule has 0 spiro atoms. The largest absolute Gasteiger partial charge is 0.389 e. The lowest BCUT2D eigenvalue weighted by atomic mass is 10.1. The maximum Gasteiger partial charge on any atom is 0.196 e. The van der Waals surface area contributed by atoms with Crippen LogP contribution in [0.5, 0.6) is 0 Å². The molecule has 28 heavy (non-hydrogen) atoms. The van der Waals surface area contributed by atoms with Crippen LogP contribution in [0.15, 0.2) is 34.7 Å². The number of aliphatic hydroxyl groups excluding tert-OH is 1. The van der Waals surface area contributed by atoms with Crippen molar-refractivity contribution in [3.63, 3.8) is 0 Å². The quantitative estimate of drug-likeness (QED) is 0.492. The molecule has 10 heteroatoms. The summed E-state index contributed by atoms with van der Waals surface area (Å²) in [4.78, 5) is 28.4. The van der Waals surface area contributed by atoms with Crippen molar-refractivity contribution < 1.29 is 5.11 Å². The lowest BCUT2D eigenvalue weighted by Crippen LogP contribution is -2.51. The minimum atomic E-state index is -0.340. The highest BCUT2D eigenvalue weighted by molar-refractivity contribution is 7.99. The van der Waals surface area contributed by atoms with Crippen molar-refractivity contribution in [1.82, 2.24) is 29.9 Å². The first-order valence-corrected chi connectivity index (χ1v) is 10.1. The van der Waals surface area contributed by atoms with Crippen molar-refractivity contribution in [3.8, 4) is 0 Å². The van der Waals surface area contributed by atoms with Gasteiger partial charge in [-0.2, -0.15) is 0 Å². The fraction of sp³-hybridized carbons (Fsp3) is 0.278. The maximum absolute atomic E-state index is 9.73. The van der Waals surface area contributed by atoms with Gasteiger partial charge in [0, 0.05) is 42.3 Å². The van der Waals surface area contributed by atoms with E-state index in [1.54, 1.807) is 18.6 Å². The molecule has 2 N–H and O–H groups in total. The number of aliphatic hydroxyl groups is 1. The Bertz CT molecular complexity index is 1190. The molecule has 8 nitrogen and oxygen atoms in total. The second-order valence-electron chi connectivity index (χ2n) is 6.56. The number of nitrogens with zero attached hydrogens (tertiary/aromatic N) is 6. The number of nitrogens with one attached hydrogen (secondary N) is 1. The van der Waals surface area contributed by atoms with Crippen molar-refractivity contribution in [1.29, 1.82) is 0 Å². The number of aryl methyl sites for hydroxylation is 1. The molecule has 1 aliphatic rings. The number of rotatable bonds is 4. The Hall–Kier alpha value is -2.49. The molecular weight excluding hydrogens is 398 g/mol. The molecule has 0 unspecified atom stereocenters. The Kier molecular flexibility index (Phi) is 4.30. The normalized spacial score (nSPS) is 14.8. The van der Waals surface area contributed by atoms with E-state index >= 15 is 0 Å². The number of pyridine rings is 1. The van der Waals surface area contributed by atoms with E-state index in [1.165, 1.54) is 11.8 Å². The number of aromatic nitrogens is 6. The van der Waals surface area contributed by atoms with Crippen LogP contribution in [0.3, 0.4) is 0 Å². The van der Waals surface area contributed by atoms with E-state index in [0.717, 1.165) is 33.7 Å². The topological polar surface area (TPSA) is 104 Å². The van der Waals surface area contributed by atoms with Gasteiger partial charge in [0.2, 0.25) is 0 Å². The Morgan fingerprint density at radius 2 is 2.07 bits per heavy atom. The Morgan fingerprint density at radius 3 is 2.86 bits per heavy atom. The minimum absolute atomic E-state index is 0.340. The maximum atomic E-state index is 9.73. The summed E-state index contributed by atoms with van der Waals surface area (Å²) in [5, 5.41) is 11.8. The van der Waals surface area contributed by atoms with Crippen molar-refractivity contribution in [2.24, 2.45) is 0 Å². The summed E-state index contributed by atoms with van der Waals surface area (Å²) in [6.45, 7) is 3.10. The molecule has 0 radical (unpaired) electrons. The van der Waals surface area contributed by atoms with Gasteiger partial charge < -0.3 is 15.0 Å². The first-order chi connectivity index (χ1) is 13.6. The van der Waals surface area contributed by atoms with Crippen molar-refractivity contribution >= 4 is 51.4 Å². The van der Waals surface area contributed by atoms with E-state index in [-0.39, 0.29) is 6.10 Å². The fourth-order valence-corrected chi connectivity index (χ4v) is 4.33. The van der Waals surface area contributed by atoms with Crippen molar-refractivity contribution in [2.45, 2.75) is 29.5 Å². The zero-order chi connectivity index (χ0) is 19.3. The van der Waals surface area contributed by atoms with E-state index in [2.05, 4.69) is 24.9 Å². The average molecular weight is 414 g/mol. The van der Waals surface area contributed by atoms with E-state index in [4.69, 9.17) is 16.6 Å². The first kappa shape index (κ1) is 17.6. The van der Waals surface area contributed by atoms with E-state index in [9.17, 15) is 5.11 Å². The van der Waals surface area contributed by atoms with Gasteiger partial charge in [0.1, 0.15) is 17.0 Å². The molecule has 0 bridgehead atoms. The number of aromatic amines is 1. The summed E-state index contributed by atoms with van der Waals surface area (Å²) in [6, 6.07) is 1.92. The monoisotopic (exact) mass is 413 g/mol. The molecule has 4 aromatic rings. The zero-order valence-electron chi connectivity index (χ0n) is 14.9. The first-order valence-electron chi connectivity index (χ1n) is 8.88. The summed E-state index contributed by atoms with van der Waals surface area (Å²) in [6.07, 6.45) is 5.43. The third-order valence-corrected chi connectivity index (χ3v) is 5.89. The van der Waals surface area contributed by atoms with E-state index in [0.29, 0.717) is 34.6 Å². The highest BCUT2D eigenvalue weighted by Gasteiger charge is 2.29. The molecule has 4 aromatic heterocycles. The minimum Gasteiger partial charge on any atom is -0.389 e. The number of fused-ring (bicyclic) bond motifs is 2. The highest BCUT2D eigenvalue weighted by atomic mass is 35.5. The van der Waals surface area contributed by atoms with Gasteiger partial charge in [0.15, 0.2) is 10.8 Å². The zero-order valence-corrected chi connectivity index (χ0v) is 16.5. The summed E-state index contributed by atoms with van der Waals surface area (Å²) in [5.74, 6) is 0.743. The van der Waals surface area contributed by atoms with Gasteiger partial charge in [0.25, 0.3) is 0 Å². The number of anilines is 1. The van der Waals surface area contributed by atoms with Crippen LogP contribution in [0.1, 0.15) is 12.6 Å². The highest BCUT2D eigenvalue weighted by Crippen LogP contribution is 2.38. The smallest absolute Gasteiger partial charge is 0.196 e. The Morgan fingerprint density at radius 1 is 1.25 bits per heavy atom. The second-order valence-corrected chi connectivity index (χ2v) is 7.97. The van der Waals surface area contributed by atoms with Crippen LogP contribution in [-0.4, -0.2) is 54.2 Å². The van der Waals surface area contributed by atoms with Crippen LogP contribution < -0.4 is 4.90 Å². The fourth-order valence-electron chi connectivity index (χ4n) is 3.22. The molecule has 5 rings (SSSR count). The van der Waals surface area contributed by atoms with Gasteiger partial charge in [-0.05, 0) is 24.2 Å². The molecule has 0 saturated carbocycles. The SMILES string of the molecule is CCc1[nH]c2nc(Sc3cnc4nccnc4c3)nc(N3CC(O)C3)c2c1Cl. The summed E-state index contributed by atoms with van der Waals surface area (Å²) in [7, 11) is 0. The number of H-pyrrole nitrogens is 1. The molecule has 0 amide bonds. The lowest BCUT2D eigenvalue weighted by molar-refractivity contribution is 0.141. The standard InChI is InChI=1S/C18H16ClN7OS/c1-2-11-14(19)13-16(23-11)24-18(25-17(13)26-7-9(27)8-26)28-10-5-12-15(22-6-10)21-4-3-20-12/h3-6,9,27H,2,7-8H2,1H3,(H,23,24,25). The molecule has 0 aromatic carbocycles. The average Bonchev–Trinajstić information content (AvgIpc) is 3.00. The number of hydrogen-bond donors (Lipinski definition) is 2. The van der Waals surface area contributed by atoms with Gasteiger partial charge in [-0.1, -0.05) is 18.5 Å². The predicted octanol–water partition coefficient (Wildman–Crippen LogP) is 2.84. The third kappa shape index (κ3) is 2.95. The number of hydrogen-bond acceptors (Lipinski definition) is 8. The van der Waals surface area contributed by atoms with E-state index in [1.807, 2.05) is 17.9 Å². The number of halogens is 1. The molecule has 1 aliphatic heterocycles. The van der Waals surface area contributed by atoms with Gasteiger partial charge >= 0.3 is 0 Å². The van der Waals surface area contributed by atoms with Crippen LogP contribution in [0.4, 0.5) is 5.82 Å². The molecule has 1 saturated heterocycles. The summed E-state index contributed by atoms with van der Waals surface area (Å²) < 4.78 is 0. The Balaban J connectivity index is 1.58. The molecule has 0 aliphatic carbocycles. The second kappa shape index (κ2) is 6.84. The third-order valence-electron chi connectivity index (χ3n) is 4.65. The van der Waals surface area contributed by atoms with Crippen molar-refractivity contribution in [3.05, 3.63) is 35.4 Å². The predicted molar refractivity (Wildman–Crippen MR) is 108 cm³/mol. The molecule has 1 fully saturated rings. The molecule has 142 valence electrons. The number of β-amino-alcohol motifs (C(OH)–C–C–N with tert-alkyl or cyclic N) is 1. The van der Waals surface area contributed by atoms with Crippen LogP contribution in [0.25, 0.3) is 22.2 Å². The van der Waals surface area contributed by atoms with Gasteiger partial charge in [-0.15, -0.1) is 0 Å². The lowest BCUT2D eigenvalue weighted by Gasteiger charge is -2.37. The summed E-state index contributed by atoms with van der Waals surface area (Å²) >= 11 is 7.97. The molecule has 0 atom stereocenters. The van der Waals surface area contributed by atoms with Gasteiger partial charge in [0.05, 0.1) is 16.5 Å². The van der Waals surface area contributed by atoms with Crippen LogP contribution in [-0.2, 0) is 6.42 Å². The van der Waals surface area contributed by atoms with Crippen LogP contribution in [0, 0.1) is 0 Å².